The van der Waals surface area contributed by atoms with E-state index in [0.29, 0.717) is 12.1 Å². The van der Waals surface area contributed by atoms with Gasteiger partial charge in [-0.15, -0.1) is 0 Å². The average Bonchev–Trinajstić information content (AvgIpc) is 2.27. The Balaban J connectivity index is 3.49. The van der Waals surface area contributed by atoms with Gasteiger partial charge in [-0.05, 0) is 12.1 Å². The van der Waals surface area contributed by atoms with Gasteiger partial charge in [-0.1, -0.05) is 11.6 Å². The Kier molecular flexibility index (Phi) is 3.55. The lowest BCUT2D eigenvalue weighted by Gasteiger charge is -2.02. The second-order valence-electron chi connectivity index (χ2n) is 2.66. The van der Waals surface area contributed by atoms with E-state index >= 15 is 0 Å². The van der Waals surface area contributed by atoms with Crippen LogP contribution in [0.3, 0.4) is 0 Å². The fourth-order valence-electron chi connectivity index (χ4n) is 0.946. The van der Waals surface area contributed by atoms with Gasteiger partial charge in [0, 0.05) is 0 Å². The fraction of sp³-hybridized carbons (Fsp3) is 0. The van der Waals surface area contributed by atoms with E-state index in [-0.39, 0.29) is 0 Å². The minimum absolute atomic E-state index is 0.542. The van der Waals surface area contributed by atoms with Crippen LogP contribution < -0.4 is 0 Å². The summed E-state index contributed by atoms with van der Waals surface area (Å²) in [5, 5.41) is 16.1. The van der Waals surface area contributed by atoms with E-state index in [1.807, 2.05) is 0 Å². The van der Waals surface area contributed by atoms with E-state index in [0.717, 1.165) is 0 Å². The Hall–Kier alpha value is -1.98. The van der Waals surface area contributed by atoms with Crippen LogP contribution in [-0.4, -0.2) is 0 Å². The molecule has 0 radical (unpaired) electrons. The third-order valence-corrected chi connectivity index (χ3v) is 1.95. The Labute approximate surface area is 93.8 Å². The number of nitriles is 2. The highest BCUT2D eigenvalue weighted by atomic mass is 35.5. The third kappa shape index (κ3) is 2.16. The monoisotopic (exact) mass is 242 g/mol. The van der Waals surface area contributed by atoms with E-state index in [2.05, 4.69) is 0 Å². The number of hydrogen-bond acceptors (Lipinski definition) is 2. The molecular weight excluding hydrogens is 241 g/mol. The molecule has 16 heavy (non-hydrogen) atoms. The number of nitrogens with zero attached hydrogens (tertiary/aromatic N) is 2. The van der Waals surface area contributed by atoms with Gasteiger partial charge >= 0.3 is 0 Å². The van der Waals surface area contributed by atoms with Gasteiger partial charge in [-0.2, -0.15) is 10.5 Å². The summed E-state index contributed by atoms with van der Waals surface area (Å²) in [5.41, 5.74) is -1.35. The molecule has 6 heteroatoms. The zero-order valence-electron chi connectivity index (χ0n) is 7.56. The third-order valence-electron chi connectivity index (χ3n) is 1.68. The van der Waals surface area contributed by atoms with E-state index in [9.17, 15) is 13.2 Å². The Bertz CT molecular complexity index is 537. The number of halogens is 4. The summed E-state index contributed by atoms with van der Waals surface area (Å²) in [6.45, 7) is 0. The number of hydrogen-bond donors (Lipinski definition) is 0. The van der Waals surface area contributed by atoms with Crippen LogP contribution in [-0.2, 0) is 0 Å². The van der Waals surface area contributed by atoms with Crippen molar-refractivity contribution in [2.24, 2.45) is 0 Å². The highest BCUT2D eigenvalue weighted by Gasteiger charge is 2.16. The van der Waals surface area contributed by atoms with Crippen LogP contribution in [0.4, 0.5) is 13.2 Å². The molecule has 0 aliphatic carbocycles. The molecule has 0 bridgehead atoms. The molecule has 0 fully saturated rings. The SMILES string of the molecule is N#CC(C#N)=Cc1c(F)cc(Cl)c(F)c1F. The second-order valence-corrected chi connectivity index (χ2v) is 3.07. The summed E-state index contributed by atoms with van der Waals surface area (Å²) in [6.07, 6.45) is 0.615. The first-order chi connectivity index (χ1) is 7.51. The van der Waals surface area contributed by atoms with Gasteiger partial charge in [0.05, 0.1) is 10.6 Å². The molecule has 0 heterocycles. The van der Waals surface area contributed by atoms with Crippen molar-refractivity contribution in [3.63, 3.8) is 0 Å². The molecule has 2 nitrogen and oxygen atoms in total. The van der Waals surface area contributed by atoms with Crippen LogP contribution >= 0.6 is 11.6 Å². The molecule has 0 saturated carbocycles. The molecule has 0 amide bonds. The molecule has 1 rings (SSSR count). The molecule has 1 aromatic rings. The average molecular weight is 243 g/mol. The van der Waals surface area contributed by atoms with Crippen molar-refractivity contribution in [1.29, 1.82) is 10.5 Å². The van der Waals surface area contributed by atoms with Crippen LogP contribution in [0.1, 0.15) is 5.56 Å². The standard InChI is InChI=1S/C10H2ClF3N2/c11-7-2-8(12)6(9(13)10(7)14)1-5(3-15)4-16/h1-2H. The van der Waals surface area contributed by atoms with Crippen molar-refractivity contribution in [2.45, 2.75) is 0 Å². The van der Waals surface area contributed by atoms with Gasteiger partial charge in [0.1, 0.15) is 23.5 Å². The smallest absolute Gasteiger partial charge is 0.178 e. The first-order valence-electron chi connectivity index (χ1n) is 3.86. The topological polar surface area (TPSA) is 47.6 Å². The van der Waals surface area contributed by atoms with E-state index in [1.165, 1.54) is 12.1 Å². The molecule has 80 valence electrons. The highest BCUT2D eigenvalue weighted by Crippen LogP contribution is 2.25. The molecule has 0 N–H and O–H groups in total. The summed E-state index contributed by atoms with van der Waals surface area (Å²) in [4.78, 5) is 0. The zero-order valence-corrected chi connectivity index (χ0v) is 8.32. The van der Waals surface area contributed by atoms with Crippen molar-refractivity contribution in [3.8, 4) is 12.1 Å². The Morgan fingerprint density at radius 3 is 2.25 bits per heavy atom. The maximum atomic E-state index is 13.2. The molecule has 0 aliphatic heterocycles. The number of rotatable bonds is 1. The minimum atomic E-state index is -1.53. The van der Waals surface area contributed by atoms with Gasteiger partial charge in [-0.25, -0.2) is 13.2 Å². The number of benzene rings is 1. The maximum absolute atomic E-state index is 13.2. The number of allylic oxidation sites excluding steroid dienone is 1. The summed E-state index contributed by atoms with van der Waals surface area (Å²) in [6, 6.07) is 3.37. The van der Waals surface area contributed by atoms with E-state index < -0.39 is 33.6 Å². The summed E-state index contributed by atoms with van der Waals surface area (Å²) >= 11 is 5.19. The molecule has 0 spiro atoms. The van der Waals surface area contributed by atoms with Crippen LogP contribution in [0.5, 0.6) is 0 Å². The van der Waals surface area contributed by atoms with Crippen molar-refractivity contribution in [2.75, 3.05) is 0 Å². The highest BCUT2D eigenvalue weighted by molar-refractivity contribution is 6.30. The predicted molar refractivity (Wildman–Crippen MR) is 50.5 cm³/mol. The molecule has 0 atom stereocenters. The largest absolute Gasteiger partial charge is 0.206 e. The van der Waals surface area contributed by atoms with Crippen LogP contribution in [0.15, 0.2) is 11.6 Å². The molecule has 0 aromatic heterocycles. The predicted octanol–water partition coefficient (Wildman–Crippen LogP) is 3.19. The zero-order chi connectivity index (χ0) is 12.3. The van der Waals surface area contributed by atoms with Gasteiger partial charge in [0.15, 0.2) is 11.6 Å². The minimum Gasteiger partial charge on any atom is -0.206 e. The van der Waals surface area contributed by atoms with Crippen LogP contribution in [0, 0.1) is 40.1 Å². The van der Waals surface area contributed by atoms with Crippen molar-refractivity contribution in [3.05, 3.63) is 39.7 Å². The first-order valence-corrected chi connectivity index (χ1v) is 4.24. The molecule has 0 aliphatic rings. The molecule has 1 aromatic carbocycles. The second kappa shape index (κ2) is 4.69. The lowest BCUT2D eigenvalue weighted by atomic mass is 10.1. The van der Waals surface area contributed by atoms with Gasteiger partial charge in [0.2, 0.25) is 0 Å². The summed E-state index contributed by atoms with van der Waals surface area (Å²) in [7, 11) is 0. The molecule has 0 unspecified atom stereocenters. The van der Waals surface area contributed by atoms with Crippen molar-refractivity contribution in [1.82, 2.24) is 0 Å². The van der Waals surface area contributed by atoms with Crippen molar-refractivity contribution >= 4 is 17.7 Å². The Morgan fingerprint density at radius 2 is 1.75 bits per heavy atom. The van der Waals surface area contributed by atoms with Gasteiger partial charge in [0.25, 0.3) is 0 Å². The molecular formula is C10H2ClF3N2. The van der Waals surface area contributed by atoms with Gasteiger partial charge < -0.3 is 0 Å². The maximum Gasteiger partial charge on any atom is 0.178 e. The lowest BCUT2D eigenvalue weighted by molar-refractivity contribution is 0.492. The Morgan fingerprint density at radius 1 is 1.19 bits per heavy atom. The normalized spacial score (nSPS) is 9.12. The van der Waals surface area contributed by atoms with Gasteiger partial charge in [-0.3, -0.25) is 0 Å². The summed E-state index contributed by atoms with van der Waals surface area (Å²) in [5.74, 6) is -4.11. The van der Waals surface area contributed by atoms with E-state index in [1.54, 1.807) is 0 Å². The first kappa shape index (κ1) is 12.1. The van der Waals surface area contributed by atoms with Crippen LogP contribution in [0.25, 0.3) is 6.08 Å². The van der Waals surface area contributed by atoms with E-state index in [4.69, 9.17) is 22.1 Å². The fourth-order valence-corrected chi connectivity index (χ4v) is 1.13. The van der Waals surface area contributed by atoms with Crippen LogP contribution in [0.2, 0.25) is 5.02 Å². The quantitative estimate of drug-likeness (QED) is 0.431. The van der Waals surface area contributed by atoms with Crippen molar-refractivity contribution < 1.29 is 13.2 Å². The lowest BCUT2D eigenvalue weighted by Crippen LogP contribution is -1.95. The summed E-state index contributed by atoms with van der Waals surface area (Å²) < 4.78 is 39.3. The molecule has 0 saturated heterocycles.